The molecule has 0 saturated heterocycles. The van der Waals surface area contributed by atoms with Crippen LogP contribution >= 0.6 is 11.8 Å². The average molecular weight is 147 g/mol. The molecule has 0 amide bonds. The quantitative estimate of drug-likeness (QED) is 0.338. The van der Waals surface area contributed by atoms with Crippen molar-refractivity contribution in [3.8, 4) is 0 Å². The number of nitrogens with one attached hydrogen (secondary N) is 2. The smallest absolute Gasteiger partial charge is 0.180 e. The molecule has 4 heteroatoms. The van der Waals surface area contributed by atoms with Gasteiger partial charge >= 0.3 is 0 Å². The lowest BCUT2D eigenvalue weighted by Crippen LogP contribution is -2.17. The number of hydrogen-bond acceptors (Lipinski definition) is 3. The first-order valence-electron chi connectivity index (χ1n) is 2.90. The zero-order valence-corrected chi connectivity index (χ0v) is 6.88. The number of hydrogen-bond donors (Lipinski definition) is 2. The summed E-state index contributed by atoms with van der Waals surface area (Å²) in [6, 6.07) is 0. The minimum Gasteiger partial charge on any atom is -0.366 e. The summed E-state index contributed by atoms with van der Waals surface area (Å²) < 4.78 is 0. The van der Waals surface area contributed by atoms with Crippen LogP contribution in [0.2, 0.25) is 0 Å². The van der Waals surface area contributed by atoms with Gasteiger partial charge in [0.2, 0.25) is 0 Å². The van der Waals surface area contributed by atoms with Crippen LogP contribution < -0.4 is 10.7 Å². The van der Waals surface area contributed by atoms with Crippen LogP contribution in [0.25, 0.3) is 0 Å². The van der Waals surface area contributed by atoms with Crippen molar-refractivity contribution < 1.29 is 0 Å². The SMILES string of the molecule is CCS/C(=N\NC)NC. The fraction of sp³-hybridized carbons (Fsp3) is 0.800. The molecule has 0 fully saturated rings. The molecule has 3 nitrogen and oxygen atoms in total. The van der Waals surface area contributed by atoms with E-state index in [-0.39, 0.29) is 0 Å². The summed E-state index contributed by atoms with van der Waals surface area (Å²) >= 11 is 1.68. The summed E-state index contributed by atoms with van der Waals surface area (Å²) in [5.74, 6) is 1.04. The molecule has 0 aromatic heterocycles. The van der Waals surface area contributed by atoms with E-state index < -0.39 is 0 Å². The van der Waals surface area contributed by atoms with Gasteiger partial charge in [0.25, 0.3) is 0 Å². The van der Waals surface area contributed by atoms with Crippen molar-refractivity contribution in [2.45, 2.75) is 6.92 Å². The molecular formula is C5H13N3S. The molecule has 0 aliphatic rings. The summed E-state index contributed by atoms with van der Waals surface area (Å²) in [6.45, 7) is 2.09. The van der Waals surface area contributed by atoms with Crippen molar-refractivity contribution in [3.05, 3.63) is 0 Å². The second-order valence-corrected chi connectivity index (χ2v) is 2.58. The van der Waals surface area contributed by atoms with E-state index in [1.807, 2.05) is 7.05 Å². The van der Waals surface area contributed by atoms with Crippen LogP contribution in [-0.2, 0) is 0 Å². The average Bonchev–Trinajstić information content (AvgIpc) is 1.88. The molecule has 9 heavy (non-hydrogen) atoms. The highest BCUT2D eigenvalue weighted by atomic mass is 32.2. The molecule has 54 valence electrons. The number of hydrazone groups is 1. The Kier molecular flexibility index (Phi) is 5.51. The summed E-state index contributed by atoms with van der Waals surface area (Å²) in [5, 5.41) is 7.84. The first-order valence-corrected chi connectivity index (χ1v) is 3.88. The first-order chi connectivity index (χ1) is 4.35. The van der Waals surface area contributed by atoms with Crippen molar-refractivity contribution in [2.24, 2.45) is 5.10 Å². The number of nitrogens with zero attached hydrogens (tertiary/aromatic N) is 1. The third kappa shape index (κ3) is 4.14. The molecule has 0 radical (unpaired) electrons. The Morgan fingerprint density at radius 3 is 2.56 bits per heavy atom. The zero-order chi connectivity index (χ0) is 7.11. The topological polar surface area (TPSA) is 36.4 Å². The van der Waals surface area contributed by atoms with E-state index in [2.05, 4.69) is 22.8 Å². The lowest BCUT2D eigenvalue weighted by Gasteiger charge is -2.00. The molecule has 0 aromatic rings. The van der Waals surface area contributed by atoms with Crippen LogP contribution in [0.1, 0.15) is 6.92 Å². The van der Waals surface area contributed by atoms with Crippen LogP contribution in [0.5, 0.6) is 0 Å². The van der Waals surface area contributed by atoms with Gasteiger partial charge in [-0.05, 0) is 5.75 Å². The van der Waals surface area contributed by atoms with E-state index in [9.17, 15) is 0 Å². The minimum absolute atomic E-state index is 0.931. The standard InChI is InChI=1S/C5H13N3S/c1-4-9-5(6-2)8-7-3/h7H,4H2,1-3H3,(H,6,8). The van der Waals surface area contributed by atoms with Crippen molar-refractivity contribution >= 4 is 16.9 Å². The molecule has 0 aliphatic heterocycles. The largest absolute Gasteiger partial charge is 0.366 e. The highest BCUT2D eigenvalue weighted by Crippen LogP contribution is 1.97. The van der Waals surface area contributed by atoms with Gasteiger partial charge in [-0.2, -0.15) is 5.10 Å². The molecule has 0 atom stereocenters. The fourth-order valence-corrected chi connectivity index (χ4v) is 0.972. The Labute approximate surface area is 60.3 Å². The van der Waals surface area contributed by atoms with E-state index in [0.717, 1.165) is 10.9 Å². The predicted octanol–water partition coefficient (Wildman–Crippen LogP) is 0.449. The van der Waals surface area contributed by atoms with Gasteiger partial charge in [-0.25, -0.2) is 0 Å². The second-order valence-electron chi connectivity index (χ2n) is 1.32. The maximum atomic E-state index is 3.95. The van der Waals surface area contributed by atoms with E-state index in [0.29, 0.717) is 0 Å². The van der Waals surface area contributed by atoms with Crippen molar-refractivity contribution in [2.75, 3.05) is 19.8 Å². The Morgan fingerprint density at radius 2 is 2.22 bits per heavy atom. The van der Waals surface area contributed by atoms with Crippen LogP contribution in [0.4, 0.5) is 0 Å². The molecular weight excluding hydrogens is 134 g/mol. The predicted molar refractivity (Wildman–Crippen MR) is 43.7 cm³/mol. The molecule has 0 saturated carbocycles. The van der Waals surface area contributed by atoms with E-state index in [1.165, 1.54) is 0 Å². The van der Waals surface area contributed by atoms with Crippen LogP contribution in [-0.4, -0.2) is 25.0 Å². The van der Waals surface area contributed by atoms with E-state index in [1.54, 1.807) is 18.8 Å². The normalized spacial score (nSPS) is 11.2. The maximum Gasteiger partial charge on any atom is 0.180 e. The fourth-order valence-electron chi connectivity index (χ4n) is 0.399. The molecule has 2 N–H and O–H groups in total. The molecule has 0 aromatic carbocycles. The third-order valence-electron chi connectivity index (χ3n) is 0.708. The third-order valence-corrected chi connectivity index (χ3v) is 1.57. The molecule has 0 aliphatic carbocycles. The Morgan fingerprint density at radius 1 is 1.56 bits per heavy atom. The first kappa shape index (κ1) is 8.62. The number of amidine groups is 1. The van der Waals surface area contributed by atoms with Gasteiger partial charge in [0, 0.05) is 14.1 Å². The highest BCUT2D eigenvalue weighted by Gasteiger charge is 1.90. The van der Waals surface area contributed by atoms with Gasteiger partial charge in [-0.15, -0.1) is 0 Å². The van der Waals surface area contributed by atoms with Gasteiger partial charge in [-0.1, -0.05) is 18.7 Å². The molecule has 0 rings (SSSR count). The van der Waals surface area contributed by atoms with Crippen molar-refractivity contribution in [1.29, 1.82) is 0 Å². The van der Waals surface area contributed by atoms with Gasteiger partial charge < -0.3 is 10.7 Å². The highest BCUT2D eigenvalue weighted by molar-refractivity contribution is 8.13. The van der Waals surface area contributed by atoms with Crippen molar-refractivity contribution in [3.63, 3.8) is 0 Å². The summed E-state index contributed by atoms with van der Waals surface area (Å²) in [6.07, 6.45) is 0. The Balaban J connectivity index is 3.53. The molecule has 0 bridgehead atoms. The molecule has 0 heterocycles. The number of thioether (sulfide) groups is 1. The number of rotatable bonds is 2. The van der Waals surface area contributed by atoms with Gasteiger partial charge in [0.15, 0.2) is 5.17 Å². The van der Waals surface area contributed by atoms with Gasteiger partial charge in [0.05, 0.1) is 0 Å². The molecule has 0 spiro atoms. The lowest BCUT2D eigenvalue weighted by molar-refractivity contribution is 0.892. The minimum atomic E-state index is 0.931. The van der Waals surface area contributed by atoms with E-state index >= 15 is 0 Å². The van der Waals surface area contributed by atoms with Crippen molar-refractivity contribution in [1.82, 2.24) is 10.7 Å². The van der Waals surface area contributed by atoms with Gasteiger partial charge in [-0.3, -0.25) is 0 Å². The zero-order valence-electron chi connectivity index (χ0n) is 6.06. The van der Waals surface area contributed by atoms with Crippen LogP contribution in [0.3, 0.4) is 0 Å². The van der Waals surface area contributed by atoms with Gasteiger partial charge in [0.1, 0.15) is 0 Å². The van der Waals surface area contributed by atoms with Crippen LogP contribution in [0.15, 0.2) is 5.10 Å². The monoisotopic (exact) mass is 147 g/mol. The lowest BCUT2D eigenvalue weighted by atomic mass is 11.0. The summed E-state index contributed by atoms with van der Waals surface area (Å²) in [7, 11) is 3.65. The summed E-state index contributed by atoms with van der Waals surface area (Å²) in [4.78, 5) is 0. The van der Waals surface area contributed by atoms with Crippen LogP contribution in [0, 0.1) is 0 Å². The van der Waals surface area contributed by atoms with E-state index in [4.69, 9.17) is 0 Å². The second kappa shape index (κ2) is 5.75. The Hall–Kier alpha value is -0.380. The maximum absolute atomic E-state index is 3.95. The molecule has 0 unspecified atom stereocenters. The Bertz CT molecular complexity index is 92.2. The summed E-state index contributed by atoms with van der Waals surface area (Å²) in [5.41, 5.74) is 2.71.